The molecule has 0 aliphatic rings. The van der Waals surface area contributed by atoms with E-state index in [1.807, 2.05) is 32.0 Å². The van der Waals surface area contributed by atoms with E-state index in [4.69, 9.17) is 18.9 Å². The minimum absolute atomic E-state index is 0.403. The maximum atomic E-state index is 11.1. The zero-order chi connectivity index (χ0) is 16.7. The molecular formula is C18H20O5. The van der Waals surface area contributed by atoms with E-state index < -0.39 is 0 Å². The van der Waals surface area contributed by atoms with Crippen molar-refractivity contribution in [3.63, 3.8) is 0 Å². The summed E-state index contributed by atoms with van der Waals surface area (Å²) < 4.78 is 22.4. The summed E-state index contributed by atoms with van der Waals surface area (Å²) in [5, 5.41) is 0. The molecule has 0 aromatic heterocycles. The monoisotopic (exact) mass is 316 g/mol. The van der Waals surface area contributed by atoms with Crippen molar-refractivity contribution in [2.75, 3.05) is 20.3 Å². The highest BCUT2D eigenvalue weighted by Crippen LogP contribution is 2.42. The minimum atomic E-state index is 0.403. The van der Waals surface area contributed by atoms with Crippen molar-refractivity contribution in [1.29, 1.82) is 0 Å². The van der Waals surface area contributed by atoms with Gasteiger partial charge >= 0.3 is 0 Å². The van der Waals surface area contributed by atoms with Crippen LogP contribution in [0, 0.1) is 0 Å². The third kappa shape index (κ3) is 3.94. The fourth-order valence-electron chi connectivity index (χ4n) is 2.11. The number of para-hydroxylation sites is 2. The lowest BCUT2D eigenvalue weighted by Gasteiger charge is -2.17. The molecule has 0 saturated carbocycles. The van der Waals surface area contributed by atoms with Crippen molar-refractivity contribution in [3.8, 4) is 28.7 Å². The van der Waals surface area contributed by atoms with Gasteiger partial charge in [-0.05, 0) is 38.1 Å². The smallest absolute Gasteiger partial charge is 0.204 e. The van der Waals surface area contributed by atoms with Crippen LogP contribution in [0.1, 0.15) is 24.2 Å². The number of rotatable bonds is 8. The molecule has 0 aliphatic heterocycles. The van der Waals surface area contributed by atoms with Crippen LogP contribution in [-0.2, 0) is 0 Å². The molecule has 0 saturated heterocycles. The van der Waals surface area contributed by atoms with E-state index in [0.717, 1.165) is 6.29 Å². The van der Waals surface area contributed by atoms with Crippen LogP contribution in [0.5, 0.6) is 28.7 Å². The quantitative estimate of drug-likeness (QED) is 0.686. The van der Waals surface area contributed by atoms with E-state index in [-0.39, 0.29) is 0 Å². The maximum absolute atomic E-state index is 11.1. The Labute approximate surface area is 135 Å². The molecule has 0 bridgehead atoms. The first-order valence-corrected chi connectivity index (χ1v) is 7.43. The molecular weight excluding hydrogens is 296 g/mol. The SMILES string of the molecule is CCOc1ccccc1Oc1cc(C=O)cc(OC)c1OCC. The summed E-state index contributed by atoms with van der Waals surface area (Å²) in [7, 11) is 1.52. The van der Waals surface area contributed by atoms with E-state index in [0.29, 0.717) is 47.5 Å². The average Bonchev–Trinajstić information content (AvgIpc) is 2.58. The molecule has 0 radical (unpaired) electrons. The molecule has 0 heterocycles. The number of hydrogen-bond acceptors (Lipinski definition) is 5. The number of methoxy groups -OCH3 is 1. The van der Waals surface area contributed by atoms with E-state index >= 15 is 0 Å². The van der Waals surface area contributed by atoms with Crippen LogP contribution in [0.15, 0.2) is 36.4 Å². The Morgan fingerprint density at radius 3 is 2.17 bits per heavy atom. The predicted octanol–water partition coefficient (Wildman–Crippen LogP) is 4.10. The number of carbonyl (C=O) groups is 1. The Morgan fingerprint density at radius 1 is 0.913 bits per heavy atom. The highest BCUT2D eigenvalue weighted by atomic mass is 16.5. The molecule has 5 heteroatoms. The first kappa shape index (κ1) is 16.7. The summed E-state index contributed by atoms with van der Waals surface area (Å²) in [4.78, 5) is 11.1. The van der Waals surface area contributed by atoms with Gasteiger partial charge < -0.3 is 18.9 Å². The lowest BCUT2D eigenvalue weighted by atomic mass is 10.2. The van der Waals surface area contributed by atoms with Crippen LogP contribution in [0.4, 0.5) is 0 Å². The third-order valence-electron chi connectivity index (χ3n) is 3.06. The Hall–Kier alpha value is -2.69. The van der Waals surface area contributed by atoms with Crippen molar-refractivity contribution >= 4 is 6.29 Å². The Bertz CT molecular complexity index is 666. The summed E-state index contributed by atoms with van der Waals surface area (Å²) in [5.74, 6) is 2.46. The average molecular weight is 316 g/mol. The van der Waals surface area contributed by atoms with Gasteiger partial charge in [0.2, 0.25) is 5.75 Å². The molecule has 0 atom stereocenters. The summed E-state index contributed by atoms with van der Waals surface area (Å²) >= 11 is 0. The highest BCUT2D eigenvalue weighted by Gasteiger charge is 2.16. The topological polar surface area (TPSA) is 54.0 Å². The van der Waals surface area contributed by atoms with Gasteiger partial charge in [-0.1, -0.05) is 12.1 Å². The fraction of sp³-hybridized carbons (Fsp3) is 0.278. The molecule has 0 N–H and O–H groups in total. The summed E-state index contributed by atoms with van der Waals surface area (Å²) in [6.07, 6.45) is 0.736. The van der Waals surface area contributed by atoms with Gasteiger partial charge in [-0.3, -0.25) is 4.79 Å². The molecule has 0 fully saturated rings. The molecule has 2 rings (SSSR count). The van der Waals surface area contributed by atoms with Gasteiger partial charge in [-0.2, -0.15) is 0 Å². The molecule has 23 heavy (non-hydrogen) atoms. The molecule has 0 spiro atoms. The standard InChI is InChI=1S/C18H20O5/c1-4-21-14-8-6-7-9-15(14)23-17-11-13(12-19)10-16(20-3)18(17)22-5-2/h6-12H,4-5H2,1-3H3. The van der Waals surface area contributed by atoms with Crippen molar-refractivity contribution < 1.29 is 23.7 Å². The van der Waals surface area contributed by atoms with Crippen molar-refractivity contribution in [3.05, 3.63) is 42.0 Å². The van der Waals surface area contributed by atoms with Crippen molar-refractivity contribution in [1.82, 2.24) is 0 Å². The number of carbonyl (C=O) groups excluding carboxylic acids is 1. The minimum Gasteiger partial charge on any atom is -0.493 e. The molecule has 5 nitrogen and oxygen atoms in total. The fourth-order valence-corrected chi connectivity index (χ4v) is 2.11. The van der Waals surface area contributed by atoms with Crippen LogP contribution in [-0.4, -0.2) is 26.6 Å². The van der Waals surface area contributed by atoms with E-state index in [2.05, 4.69) is 0 Å². The Kier molecular flexibility index (Phi) is 5.86. The number of hydrogen-bond donors (Lipinski definition) is 0. The number of aldehydes is 1. The molecule has 0 unspecified atom stereocenters. The van der Waals surface area contributed by atoms with Crippen molar-refractivity contribution in [2.24, 2.45) is 0 Å². The molecule has 2 aromatic carbocycles. The largest absolute Gasteiger partial charge is 0.493 e. The Morgan fingerprint density at radius 2 is 1.57 bits per heavy atom. The second kappa shape index (κ2) is 8.08. The molecule has 2 aromatic rings. The Balaban J connectivity index is 2.47. The second-order valence-electron chi connectivity index (χ2n) is 4.58. The third-order valence-corrected chi connectivity index (χ3v) is 3.06. The van der Waals surface area contributed by atoms with Gasteiger partial charge in [0.25, 0.3) is 0 Å². The van der Waals surface area contributed by atoms with E-state index in [1.165, 1.54) is 7.11 Å². The second-order valence-corrected chi connectivity index (χ2v) is 4.58. The number of benzene rings is 2. The highest BCUT2D eigenvalue weighted by molar-refractivity contribution is 5.78. The normalized spacial score (nSPS) is 10.0. The van der Waals surface area contributed by atoms with Crippen molar-refractivity contribution in [2.45, 2.75) is 13.8 Å². The number of ether oxygens (including phenoxy) is 4. The van der Waals surface area contributed by atoms with Gasteiger partial charge in [0.15, 0.2) is 23.0 Å². The van der Waals surface area contributed by atoms with Crippen LogP contribution in [0.3, 0.4) is 0 Å². The van der Waals surface area contributed by atoms with Gasteiger partial charge in [0.05, 0.1) is 20.3 Å². The maximum Gasteiger partial charge on any atom is 0.204 e. The zero-order valence-electron chi connectivity index (χ0n) is 13.5. The molecule has 122 valence electrons. The molecule has 0 amide bonds. The zero-order valence-corrected chi connectivity index (χ0v) is 13.5. The summed E-state index contributed by atoms with van der Waals surface area (Å²) in [6.45, 7) is 4.74. The van der Waals surface area contributed by atoms with Gasteiger partial charge in [-0.25, -0.2) is 0 Å². The lowest BCUT2D eigenvalue weighted by molar-refractivity contribution is 0.112. The van der Waals surface area contributed by atoms with Gasteiger partial charge in [-0.15, -0.1) is 0 Å². The summed E-state index contributed by atoms with van der Waals surface area (Å²) in [5.41, 5.74) is 0.439. The van der Waals surface area contributed by atoms with Gasteiger partial charge in [0, 0.05) is 5.56 Å². The van der Waals surface area contributed by atoms with Crippen LogP contribution in [0.25, 0.3) is 0 Å². The summed E-state index contributed by atoms with van der Waals surface area (Å²) in [6, 6.07) is 10.5. The van der Waals surface area contributed by atoms with E-state index in [1.54, 1.807) is 18.2 Å². The first-order valence-electron chi connectivity index (χ1n) is 7.43. The van der Waals surface area contributed by atoms with Crippen LogP contribution in [0.2, 0.25) is 0 Å². The molecule has 0 aliphatic carbocycles. The van der Waals surface area contributed by atoms with E-state index in [9.17, 15) is 4.79 Å². The predicted molar refractivity (Wildman–Crippen MR) is 87.2 cm³/mol. The van der Waals surface area contributed by atoms with Crippen LogP contribution >= 0.6 is 0 Å². The van der Waals surface area contributed by atoms with Gasteiger partial charge in [0.1, 0.15) is 6.29 Å². The first-order chi connectivity index (χ1) is 11.2. The van der Waals surface area contributed by atoms with Crippen LogP contribution < -0.4 is 18.9 Å². The lowest BCUT2D eigenvalue weighted by Crippen LogP contribution is -2.01.